The molecule has 0 aliphatic carbocycles. The van der Waals surface area contributed by atoms with E-state index in [4.69, 9.17) is 118 Å². The first kappa shape index (κ1) is 46.6. The molecule has 0 bridgehead atoms. The maximum Gasteiger partial charge on any atom is 0.0434 e. The Balaban J connectivity index is -0.000000140. The van der Waals surface area contributed by atoms with Gasteiger partial charge in [-0.1, -0.05) is 278 Å². The van der Waals surface area contributed by atoms with Gasteiger partial charge in [-0.3, -0.25) is 0 Å². The lowest BCUT2D eigenvalue weighted by Crippen LogP contribution is -2.02. The normalized spacial score (nSPS) is 24.9. The summed E-state index contributed by atoms with van der Waals surface area (Å²) in [7, 11) is 20.8. The van der Waals surface area contributed by atoms with Crippen molar-refractivity contribution >= 4 is 216 Å². The van der Waals surface area contributed by atoms with Crippen molar-refractivity contribution in [1.29, 1.82) is 0 Å². The molecule has 0 aliphatic rings. The zero-order valence-corrected chi connectivity index (χ0v) is 63.6. The second kappa shape index (κ2) is 138. The first-order chi connectivity index (χ1) is 53.6. The molecule has 80 heavy (non-hydrogen) atoms. The van der Waals surface area contributed by atoms with Gasteiger partial charge in [0.05, 0.1) is 0 Å². The third-order valence-corrected chi connectivity index (χ3v) is 22.5. The van der Waals surface area contributed by atoms with Gasteiger partial charge in [0.25, 0.3) is 0 Å². The lowest BCUT2D eigenvalue weighted by atomic mass is 10.6. The largest absolute Gasteiger partial charge is 0.330 e. The number of rotatable bonds is 50. The molecule has 0 spiro atoms. The molecule has 500 valence electrons. The van der Waals surface area contributed by atoms with Crippen LogP contribution < -0.4 is 63.1 Å². The molecule has 11 nitrogen and oxygen atoms in total. The first-order valence-corrected chi connectivity index (χ1v) is 45.7. The van der Waals surface area contributed by atoms with E-state index in [0.717, 1.165) is 160 Å². The molecule has 0 radical (unpaired) electrons. The lowest BCUT2D eigenvalue weighted by Gasteiger charge is -1.93. The average Bonchev–Trinajstić information content (AvgIpc) is 0.848. The Labute approximate surface area is 635 Å². The van der Waals surface area contributed by atoms with Crippen LogP contribution in [0.2, 0.25) is 0 Å². The molecule has 0 aromatic heterocycles. The molecule has 14 atom stereocenters. The second-order valence-electron chi connectivity index (χ2n) is 10.5. The molecule has 0 saturated heterocycles. The highest BCUT2D eigenvalue weighted by Gasteiger charge is 1.90. The summed E-state index contributed by atoms with van der Waals surface area (Å²) in [5.41, 5.74) is 36.4. The maximum atomic E-state index is 7.34. The van der Waals surface area contributed by atoms with Crippen LogP contribution >= 0.6 is 216 Å². The van der Waals surface area contributed by atoms with E-state index in [2.05, 4.69) is 6.92 Å². The minimum atomic E-state index is -2.45. The topological polar surface area (TPSA) is 286 Å². The summed E-state index contributed by atoms with van der Waals surface area (Å²) in [6, 6.07) is 0. The van der Waals surface area contributed by atoms with Crippen LogP contribution in [0.25, 0.3) is 0 Å². The van der Waals surface area contributed by atoms with Gasteiger partial charge in [-0.25, -0.2) is 0 Å². The van der Waals surface area contributed by atoms with Crippen LogP contribution in [0.3, 0.4) is 0 Å². The van der Waals surface area contributed by atoms with Crippen LogP contribution in [0.1, 0.15) is 175 Å². The Morgan fingerprint density at radius 2 is 0.475 bits per heavy atom. The molecular formula is C49H129N11S20. The molecule has 0 saturated carbocycles. The summed E-state index contributed by atoms with van der Waals surface area (Å²) in [4.78, 5) is 0. The van der Waals surface area contributed by atoms with Crippen molar-refractivity contribution in [3.63, 3.8) is 0 Å². The fourth-order valence-electron chi connectivity index (χ4n) is 1.61. The van der Waals surface area contributed by atoms with Crippen molar-refractivity contribution in [1.82, 2.24) is 0 Å². The predicted molar refractivity (Wildman–Crippen MR) is 441 cm³/mol. The molecule has 31 heteroatoms. The summed E-state index contributed by atoms with van der Waals surface area (Å²) >= 11 is 0. The van der Waals surface area contributed by atoms with E-state index in [-0.39, 0.29) is 50.3 Å². The van der Waals surface area contributed by atoms with Crippen LogP contribution in [0.4, 0.5) is 0 Å². The first-order valence-electron chi connectivity index (χ1n) is 44.1. The Hall–Kier alpha value is 6.56. The van der Waals surface area contributed by atoms with E-state index in [9.17, 15) is 0 Å². The smallest absolute Gasteiger partial charge is 0.0434 e. The third-order valence-electron chi connectivity index (χ3n) is 4.04. The molecule has 14 unspecified atom stereocenters. The van der Waals surface area contributed by atoms with Gasteiger partial charge in [0.15, 0.2) is 0 Å². The van der Waals surface area contributed by atoms with Crippen molar-refractivity contribution in [2.45, 2.75) is 120 Å². The van der Waals surface area contributed by atoms with Gasteiger partial charge in [0.2, 0.25) is 0 Å². The molecule has 0 heterocycles. The van der Waals surface area contributed by atoms with E-state index in [1.165, 1.54) is 60.9 Å². The highest BCUT2D eigenvalue weighted by atomic mass is 33.1. The van der Waals surface area contributed by atoms with Gasteiger partial charge >= 0.3 is 0 Å². The summed E-state index contributed by atoms with van der Waals surface area (Å²) < 4.78 is 287. The molecular weight excluding hydrogens is 1380 g/mol. The van der Waals surface area contributed by atoms with Gasteiger partial charge in [0.1, 0.15) is 0 Å². The monoisotopic (exact) mass is 1550 g/mol. The van der Waals surface area contributed by atoms with E-state index in [1.807, 2.05) is 27.7 Å². The fraction of sp³-hybridized carbons (Fsp3) is 1.00. The molecule has 0 amide bonds. The standard InChI is InChI=1S/9C5H13NS2.C4H12N2S2/c9*1-2-4-7-8-5-3-6;5-1-3-7-8-4-2-6/h9*2-6H2,1H3;1-6H2/i2D,3D2,4D,5D2;3D2,4D,5D2;3D,4D,5D2;2D,3D2,5D2;2D,3D,5D2;4D,5D2;3D,5D2;2D,5D2;5D2;1D,2D2,3D,4D. The number of nitrogens with two attached hydrogens (primary N) is 11. The maximum absolute atomic E-state index is 7.34. The van der Waals surface area contributed by atoms with Crippen molar-refractivity contribution in [3.05, 3.63) is 0 Å². The Bertz CT molecular complexity index is 2350. The van der Waals surface area contributed by atoms with E-state index in [1.54, 1.807) is 31.6 Å². The summed E-state index contributed by atoms with van der Waals surface area (Å²) in [5.74, 6) is 3.54. The molecule has 22 N–H and O–H groups in total. The van der Waals surface area contributed by atoms with Gasteiger partial charge in [0, 0.05) is 241 Å². The molecule has 0 aromatic rings. The fourth-order valence-corrected chi connectivity index (χ4v) is 14.5. The van der Waals surface area contributed by atoms with Crippen LogP contribution in [-0.2, 0) is 0 Å². The summed E-state index contributed by atoms with van der Waals surface area (Å²) in [6.45, 7) is 2.60. The van der Waals surface area contributed by atoms with Gasteiger partial charge < -0.3 is 63.1 Å². The van der Waals surface area contributed by atoms with E-state index in [0.29, 0.717) is 51.7 Å². The highest BCUT2D eigenvalue weighted by Crippen LogP contribution is 2.25. The quantitative estimate of drug-likeness (QED) is 0.0199. The SMILES string of the molecule is [2H]C(C)C([2H])SSC([2H])([2H])C([2H])([2H])N.[2H]C(C)CSSC([2H])([2H])C([2H])([2H])N.[2H]C(C)CSSC([2H])([2H])C([2H])N.[2H]C(C)CSSC([2H])([2H])CN.[2H]C(CC)SSC([2H])([2H])C([2H])([2H])N.[2H]C(CC)SSC([2H])([2H])C([2H])N.[2H]C(CC)SSC([2H])([2H])CN.[2H]C(N)C([2H])([2H])SSCCC.[2H]C(N)C([2H])SSC([2H])C([2H])([2H])N.[2H]C([2H])(CN)SSCCC. The number of hydrogen-bond acceptors (Lipinski definition) is 31. The van der Waals surface area contributed by atoms with Crippen molar-refractivity contribution in [3.8, 4) is 0 Å². The molecule has 0 aromatic carbocycles. The van der Waals surface area contributed by atoms with E-state index >= 15 is 0 Å². The van der Waals surface area contributed by atoms with Crippen LogP contribution in [-0.4, -0.2) is 186 Å². The van der Waals surface area contributed by atoms with Crippen molar-refractivity contribution < 1.29 is 54.8 Å². The lowest BCUT2D eigenvalue weighted by molar-refractivity contribution is 1.11. The average molecular weight is 1550 g/mol. The van der Waals surface area contributed by atoms with Crippen LogP contribution in [0, 0.1) is 0 Å². The van der Waals surface area contributed by atoms with E-state index < -0.39 is 133 Å². The van der Waals surface area contributed by atoms with Crippen molar-refractivity contribution in [2.75, 3.05) is 186 Å². The molecule has 0 fully saturated rings. The van der Waals surface area contributed by atoms with Crippen LogP contribution in [0.15, 0.2) is 0 Å². The summed E-state index contributed by atoms with van der Waals surface area (Å²) in [6.07, 6.45) is 2.82. The minimum absolute atomic E-state index is 0.00109. The van der Waals surface area contributed by atoms with Gasteiger partial charge in [-0.2, -0.15) is 0 Å². The van der Waals surface area contributed by atoms with Gasteiger partial charge in [-0.05, 0) is 57.7 Å². The minimum Gasteiger partial charge on any atom is -0.330 e. The Morgan fingerprint density at radius 1 is 0.212 bits per heavy atom. The highest BCUT2D eigenvalue weighted by molar-refractivity contribution is 8.79. The van der Waals surface area contributed by atoms with Gasteiger partial charge in [-0.15, -0.1) is 0 Å². The molecule has 0 rings (SSSR count). The Morgan fingerprint density at radius 3 is 0.738 bits per heavy atom. The summed E-state index contributed by atoms with van der Waals surface area (Å²) in [5, 5.41) is 0. The third kappa shape index (κ3) is 185. The van der Waals surface area contributed by atoms with Crippen molar-refractivity contribution in [2.24, 2.45) is 63.1 Å². The Kier molecular flexibility index (Phi) is 80.5. The zero-order valence-electron chi connectivity index (χ0n) is 87.3. The van der Waals surface area contributed by atoms with Crippen LogP contribution in [0.5, 0.6) is 0 Å². The second-order valence-corrected chi connectivity index (χ2v) is 31.6. The predicted octanol–water partition coefficient (Wildman–Crippen LogP) is 15.9. The zero-order chi connectivity index (χ0) is 97.9. The number of hydrogen-bond donors (Lipinski definition) is 11. The molecule has 0 aliphatic heterocycles.